The quantitative estimate of drug-likeness (QED) is 0.466. The van der Waals surface area contributed by atoms with E-state index in [1.54, 1.807) is 0 Å². The standard InChI is InChI=1S/C13H20Cl.C5H4Cl.Zr/c1-3-5-7-11-9-10-13(14)12(11)8-6-4-2;6-5-3-1-2-4-5;/h9-10H,3-8H2,1-2H3;1-4H;/q2*-1;+2. The van der Waals surface area contributed by atoms with Crippen molar-refractivity contribution in [2.75, 3.05) is 0 Å². The molecular weight excluding hydrogens is 378 g/mol. The van der Waals surface area contributed by atoms with E-state index in [1.807, 2.05) is 24.3 Å². The SMILES string of the molecule is CCCCc1c(Cl)cc[c-]1CCCC.Clc1ccc[cH-]1.[Zr+2]. The van der Waals surface area contributed by atoms with E-state index in [0.29, 0.717) is 0 Å². The second-order valence-corrected chi connectivity index (χ2v) is 5.84. The molecule has 2 rings (SSSR count). The molecule has 0 aromatic heterocycles. The van der Waals surface area contributed by atoms with Crippen molar-refractivity contribution >= 4 is 23.2 Å². The van der Waals surface area contributed by atoms with Crippen LogP contribution in [-0.4, -0.2) is 0 Å². The van der Waals surface area contributed by atoms with Crippen molar-refractivity contribution in [3.8, 4) is 0 Å². The van der Waals surface area contributed by atoms with Gasteiger partial charge in [-0.3, -0.25) is 0 Å². The second kappa shape index (κ2) is 12.7. The Bertz CT molecular complexity index is 458. The largest absolute Gasteiger partial charge is 2.00 e. The van der Waals surface area contributed by atoms with Gasteiger partial charge in [0, 0.05) is 0 Å². The Morgan fingerprint density at radius 1 is 1.10 bits per heavy atom. The molecule has 0 nitrogen and oxygen atoms in total. The Morgan fingerprint density at radius 2 is 1.81 bits per heavy atom. The molecule has 0 atom stereocenters. The van der Waals surface area contributed by atoms with Crippen LogP contribution in [0.4, 0.5) is 0 Å². The van der Waals surface area contributed by atoms with Gasteiger partial charge < -0.3 is 0 Å². The molecule has 0 spiro atoms. The molecule has 0 fully saturated rings. The Kier molecular flexibility index (Phi) is 12.8. The first-order valence-electron chi connectivity index (χ1n) is 7.49. The summed E-state index contributed by atoms with van der Waals surface area (Å²) in [6.45, 7) is 4.46. The van der Waals surface area contributed by atoms with Crippen molar-refractivity contribution in [1.29, 1.82) is 0 Å². The zero-order valence-corrected chi connectivity index (χ0v) is 16.9. The zero-order valence-electron chi connectivity index (χ0n) is 13.0. The van der Waals surface area contributed by atoms with Crippen LogP contribution in [0.2, 0.25) is 10.0 Å². The van der Waals surface area contributed by atoms with Crippen molar-refractivity contribution < 1.29 is 26.2 Å². The van der Waals surface area contributed by atoms with Crippen molar-refractivity contribution in [3.63, 3.8) is 0 Å². The molecule has 0 aliphatic rings. The van der Waals surface area contributed by atoms with Crippen molar-refractivity contribution in [1.82, 2.24) is 0 Å². The molecule has 114 valence electrons. The normalized spacial score (nSPS) is 9.71. The van der Waals surface area contributed by atoms with Gasteiger partial charge in [-0.15, -0.1) is 22.2 Å². The summed E-state index contributed by atoms with van der Waals surface area (Å²) in [5.74, 6) is 0. The first kappa shape index (κ1) is 21.2. The molecule has 0 saturated heterocycles. The fourth-order valence-corrected chi connectivity index (χ4v) is 2.54. The van der Waals surface area contributed by atoms with Crippen molar-refractivity contribution in [2.45, 2.75) is 52.4 Å². The Hall–Kier alpha value is 0.163. The van der Waals surface area contributed by atoms with Crippen LogP contribution in [0.15, 0.2) is 36.4 Å². The van der Waals surface area contributed by atoms with Crippen LogP contribution in [0.25, 0.3) is 0 Å². The topological polar surface area (TPSA) is 0 Å². The summed E-state index contributed by atoms with van der Waals surface area (Å²) in [6, 6.07) is 11.8. The summed E-state index contributed by atoms with van der Waals surface area (Å²) in [7, 11) is 0. The maximum atomic E-state index is 6.16. The van der Waals surface area contributed by atoms with E-state index in [0.717, 1.165) is 16.5 Å². The number of hydrogen-bond acceptors (Lipinski definition) is 0. The molecule has 0 amide bonds. The van der Waals surface area contributed by atoms with E-state index in [-0.39, 0.29) is 26.2 Å². The number of aryl methyl sites for hydroxylation is 1. The fraction of sp³-hybridized carbons (Fsp3) is 0.444. The number of hydrogen-bond donors (Lipinski definition) is 0. The van der Waals surface area contributed by atoms with Crippen LogP contribution >= 0.6 is 23.2 Å². The summed E-state index contributed by atoms with van der Waals surface area (Å²) >= 11 is 11.6. The van der Waals surface area contributed by atoms with Gasteiger partial charge in [0.25, 0.3) is 0 Å². The van der Waals surface area contributed by atoms with Crippen LogP contribution in [0.5, 0.6) is 0 Å². The Morgan fingerprint density at radius 3 is 2.29 bits per heavy atom. The second-order valence-electron chi connectivity index (χ2n) is 5.00. The molecule has 3 heteroatoms. The van der Waals surface area contributed by atoms with Gasteiger partial charge in [-0.1, -0.05) is 51.0 Å². The first-order valence-corrected chi connectivity index (χ1v) is 8.24. The third-order valence-electron chi connectivity index (χ3n) is 3.31. The van der Waals surface area contributed by atoms with E-state index in [2.05, 4.69) is 26.0 Å². The predicted octanol–water partition coefficient (Wildman–Crippen LogP) is 6.80. The van der Waals surface area contributed by atoms with Crippen molar-refractivity contribution in [3.05, 3.63) is 57.6 Å². The van der Waals surface area contributed by atoms with Crippen molar-refractivity contribution in [2.24, 2.45) is 0 Å². The maximum absolute atomic E-state index is 6.16. The van der Waals surface area contributed by atoms with Crippen LogP contribution in [0, 0.1) is 0 Å². The van der Waals surface area contributed by atoms with E-state index in [4.69, 9.17) is 23.2 Å². The Balaban J connectivity index is 0.000000480. The van der Waals surface area contributed by atoms with Gasteiger partial charge in [-0.05, 0) is 6.42 Å². The van der Waals surface area contributed by atoms with Crippen LogP contribution < -0.4 is 0 Å². The van der Waals surface area contributed by atoms with E-state index in [9.17, 15) is 0 Å². The van der Waals surface area contributed by atoms with E-state index >= 15 is 0 Å². The zero-order chi connectivity index (χ0) is 14.8. The van der Waals surface area contributed by atoms with E-state index in [1.165, 1.54) is 43.2 Å². The first-order chi connectivity index (χ1) is 9.69. The minimum absolute atomic E-state index is 0. The predicted molar refractivity (Wildman–Crippen MR) is 91.3 cm³/mol. The molecule has 0 radical (unpaired) electrons. The molecule has 2 aromatic rings. The third-order valence-corrected chi connectivity index (χ3v) is 3.91. The molecule has 0 heterocycles. The Labute approximate surface area is 158 Å². The molecule has 0 unspecified atom stereocenters. The summed E-state index contributed by atoms with van der Waals surface area (Å²) in [6.07, 6.45) is 7.39. The fourth-order valence-electron chi connectivity index (χ4n) is 2.11. The minimum Gasteiger partial charge on any atom is -0.212 e. The molecule has 0 bridgehead atoms. The van der Waals surface area contributed by atoms with Gasteiger partial charge in [0.05, 0.1) is 0 Å². The number of rotatable bonds is 6. The summed E-state index contributed by atoms with van der Waals surface area (Å²) in [5.41, 5.74) is 2.88. The summed E-state index contributed by atoms with van der Waals surface area (Å²) < 4.78 is 0. The van der Waals surface area contributed by atoms with Gasteiger partial charge in [0.1, 0.15) is 0 Å². The van der Waals surface area contributed by atoms with Gasteiger partial charge in [0.2, 0.25) is 0 Å². The van der Waals surface area contributed by atoms with Gasteiger partial charge >= 0.3 is 26.2 Å². The maximum Gasteiger partial charge on any atom is 2.00 e. The van der Waals surface area contributed by atoms with Crippen LogP contribution in [0.1, 0.15) is 50.7 Å². The van der Waals surface area contributed by atoms with E-state index < -0.39 is 0 Å². The van der Waals surface area contributed by atoms with Crippen LogP contribution in [0.3, 0.4) is 0 Å². The molecular formula is C18H24Cl2Zr. The van der Waals surface area contributed by atoms with Gasteiger partial charge in [-0.2, -0.15) is 47.5 Å². The summed E-state index contributed by atoms with van der Waals surface area (Å²) in [4.78, 5) is 0. The van der Waals surface area contributed by atoms with Gasteiger partial charge in [0.15, 0.2) is 0 Å². The van der Waals surface area contributed by atoms with Crippen LogP contribution in [-0.2, 0) is 39.0 Å². The molecule has 0 aliphatic carbocycles. The average molecular weight is 403 g/mol. The molecule has 21 heavy (non-hydrogen) atoms. The third kappa shape index (κ3) is 8.39. The molecule has 0 aliphatic heterocycles. The average Bonchev–Trinajstić information content (AvgIpc) is 3.05. The van der Waals surface area contributed by atoms with Gasteiger partial charge in [-0.25, -0.2) is 6.07 Å². The number of unbranched alkanes of at least 4 members (excludes halogenated alkanes) is 2. The molecule has 0 saturated carbocycles. The number of halogens is 2. The summed E-state index contributed by atoms with van der Waals surface area (Å²) in [5, 5.41) is 1.79. The smallest absolute Gasteiger partial charge is 0.212 e. The minimum atomic E-state index is 0. The monoisotopic (exact) mass is 400 g/mol. The molecule has 2 aromatic carbocycles. The molecule has 0 N–H and O–H groups in total.